The highest BCUT2D eigenvalue weighted by atomic mass is 19.1. The number of hydrogen-bond acceptors (Lipinski definition) is 5. The SMILES string of the molecule is C=CCO[C@@H]1C[C@H](NC[C@@H](O)[C@@H](N)Cc2cc(F)cc(F)c2)c2cc(OC)ccc21. The Morgan fingerprint density at radius 1 is 1.23 bits per heavy atom. The summed E-state index contributed by atoms with van der Waals surface area (Å²) in [7, 11) is 1.61. The van der Waals surface area contributed by atoms with Gasteiger partial charge in [0.05, 0.1) is 25.9 Å². The number of methoxy groups -OCH3 is 1. The van der Waals surface area contributed by atoms with E-state index in [0.717, 1.165) is 22.9 Å². The number of aliphatic hydroxyl groups excluding tert-OH is 1. The summed E-state index contributed by atoms with van der Waals surface area (Å²) in [6.45, 7) is 4.37. The zero-order chi connectivity index (χ0) is 21.7. The second-order valence-corrected chi connectivity index (χ2v) is 7.52. The van der Waals surface area contributed by atoms with Gasteiger partial charge in [-0.1, -0.05) is 12.1 Å². The van der Waals surface area contributed by atoms with E-state index in [2.05, 4.69) is 11.9 Å². The van der Waals surface area contributed by atoms with E-state index in [4.69, 9.17) is 15.2 Å². The van der Waals surface area contributed by atoms with Gasteiger partial charge >= 0.3 is 0 Å². The molecule has 7 heteroatoms. The summed E-state index contributed by atoms with van der Waals surface area (Å²) in [6.07, 6.45) is 1.61. The number of halogens is 2. The van der Waals surface area contributed by atoms with Crippen molar-refractivity contribution in [2.75, 3.05) is 20.3 Å². The summed E-state index contributed by atoms with van der Waals surface area (Å²) in [4.78, 5) is 0. The predicted molar refractivity (Wildman–Crippen MR) is 111 cm³/mol. The zero-order valence-electron chi connectivity index (χ0n) is 17.0. The molecule has 0 bridgehead atoms. The molecular formula is C23H28F2N2O3. The summed E-state index contributed by atoms with van der Waals surface area (Å²) in [6, 6.07) is 8.40. The van der Waals surface area contributed by atoms with Crippen LogP contribution in [0.5, 0.6) is 5.75 Å². The molecule has 2 aromatic carbocycles. The summed E-state index contributed by atoms with van der Waals surface area (Å²) in [5.74, 6) is -0.575. The number of fused-ring (bicyclic) bond motifs is 1. The van der Waals surface area contributed by atoms with Crippen LogP contribution in [0.2, 0.25) is 0 Å². The standard InChI is InChI=1S/C23H28F2N2O3/c1-3-6-30-23-12-21(19-11-17(29-2)4-5-18(19)23)27-13-22(28)20(26)9-14-7-15(24)10-16(25)8-14/h3-5,7-8,10-11,20-23,27-28H,1,6,9,12-13,26H2,2H3/t20-,21-,22+,23+/m0/s1. The minimum absolute atomic E-state index is 0.0432. The van der Waals surface area contributed by atoms with E-state index < -0.39 is 23.8 Å². The van der Waals surface area contributed by atoms with Crippen LogP contribution in [0.3, 0.4) is 0 Å². The molecule has 5 nitrogen and oxygen atoms in total. The molecule has 2 aromatic rings. The summed E-state index contributed by atoms with van der Waals surface area (Å²) >= 11 is 0. The van der Waals surface area contributed by atoms with Gasteiger partial charge in [0.15, 0.2) is 0 Å². The van der Waals surface area contributed by atoms with Crippen molar-refractivity contribution in [3.63, 3.8) is 0 Å². The van der Waals surface area contributed by atoms with E-state index in [-0.39, 0.29) is 25.1 Å². The van der Waals surface area contributed by atoms with Crippen LogP contribution in [0.1, 0.15) is 35.3 Å². The molecule has 0 aliphatic heterocycles. The van der Waals surface area contributed by atoms with Crippen LogP contribution in [0.15, 0.2) is 49.1 Å². The zero-order valence-corrected chi connectivity index (χ0v) is 17.0. The van der Waals surface area contributed by atoms with Crippen molar-refractivity contribution in [2.45, 2.75) is 37.1 Å². The van der Waals surface area contributed by atoms with Crippen LogP contribution in [-0.2, 0) is 11.2 Å². The van der Waals surface area contributed by atoms with Crippen LogP contribution in [0.25, 0.3) is 0 Å². The third-order valence-electron chi connectivity index (χ3n) is 5.34. The fourth-order valence-corrected chi connectivity index (χ4v) is 3.83. The number of benzene rings is 2. The smallest absolute Gasteiger partial charge is 0.126 e. The van der Waals surface area contributed by atoms with Gasteiger partial charge in [-0.15, -0.1) is 6.58 Å². The second kappa shape index (κ2) is 10.1. The number of hydrogen-bond donors (Lipinski definition) is 3. The average Bonchev–Trinajstić information content (AvgIpc) is 3.06. The van der Waals surface area contributed by atoms with Gasteiger partial charge in [-0.05, 0) is 53.8 Å². The molecule has 0 heterocycles. The quantitative estimate of drug-likeness (QED) is 0.517. The third kappa shape index (κ3) is 5.43. The summed E-state index contributed by atoms with van der Waals surface area (Å²) < 4.78 is 38.0. The van der Waals surface area contributed by atoms with Crippen molar-refractivity contribution in [3.05, 3.63) is 77.4 Å². The molecule has 0 radical (unpaired) electrons. The molecule has 30 heavy (non-hydrogen) atoms. The number of ether oxygens (including phenoxy) is 2. The van der Waals surface area contributed by atoms with Gasteiger partial charge in [0.2, 0.25) is 0 Å². The molecule has 1 aliphatic rings. The van der Waals surface area contributed by atoms with Crippen LogP contribution < -0.4 is 15.8 Å². The average molecular weight is 418 g/mol. The lowest BCUT2D eigenvalue weighted by atomic mass is 10.0. The van der Waals surface area contributed by atoms with E-state index in [1.807, 2.05) is 18.2 Å². The number of rotatable bonds is 10. The first-order chi connectivity index (χ1) is 14.4. The lowest BCUT2D eigenvalue weighted by Gasteiger charge is -2.22. The van der Waals surface area contributed by atoms with Crippen molar-refractivity contribution in [1.29, 1.82) is 0 Å². The molecule has 4 N–H and O–H groups in total. The fourth-order valence-electron chi connectivity index (χ4n) is 3.83. The highest BCUT2D eigenvalue weighted by molar-refractivity contribution is 5.42. The maximum absolute atomic E-state index is 13.4. The summed E-state index contributed by atoms with van der Waals surface area (Å²) in [5.41, 5.74) is 8.61. The minimum atomic E-state index is -0.890. The molecular weight excluding hydrogens is 390 g/mol. The van der Waals surface area contributed by atoms with Crippen molar-refractivity contribution in [1.82, 2.24) is 5.32 Å². The Labute approximate surface area is 175 Å². The van der Waals surface area contributed by atoms with Gasteiger partial charge in [0, 0.05) is 24.7 Å². The predicted octanol–water partition coefficient (Wildman–Crippen LogP) is 3.18. The molecule has 0 saturated carbocycles. The van der Waals surface area contributed by atoms with Crippen molar-refractivity contribution < 1.29 is 23.4 Å². The van der Waals surface area contributed by atoms with Gasteiger partial charge in [0.25, 0.3) is 0 Å². The van der Waals surface area contributed by atoms with Crippen molar-refractivity contribution in [3.8, 4) is 5.75 Å². The topological polar surface area (TPSA) is 76.7 Å². The van der Waals surface area contributed by atoms with Gasteiger partial charge in [-0.25, -0.2) is 8.78 Å². The van der Waals surface area contributed by atoms with E-state index in [9.17, 15) is 13.9 Å². The van der Waals surface area contributed by atoms with Crippen LogP contribution in [-0.4, -0.2) is 37.5 Å². The molecule has 0 saturated heterocycles. The van der Waals surface area contributed by atoms with Crippen molar-refractivity contribution in [2.24, 2.45) is 5.73 Å². The number of nitrogens with two attached hydrogens (primary N) is 1. The van der Waals surface area contributed by atoms with E-state index >= 15 is 0 Å². The largest absolute Gasteiger partial charge is 0.497 e. The maximum Gasteiger partial charge on any atom is 0.126 e. The highest BCUT2D eigenvalue weighted by Gasteiger charge is 2.32. The van der Waals surface area contributed by atoms with Crippen LogP contribution >= 0.6 is 0 Å². The second-order valence-electron chi connectivity index (χ2n) is 7.52. The first-order valence-electron chi connectivity index (χ1n) is 9.93. The van der Waals surface area contributed by atoms with E-state index in [0.29, 0.717) is 18.6 Å². The molecule has 0 amide bonds. The number of aliphatic hydroxyl groups is 1. The van der Waals surface area contributed by atoms with Crippen molar-refractivity contribution >= 4 is 0 Å². The molecule has 0 spiro atoms. The molecule has 1 aliphatic carbocycles. The number of nitrogens with one attached hydrogen (secondary N) is 1. The Kier molecular flexibility index (Phi) is 7.55. The molecule has 162 valence electrons. The van der Waals surface area contributed by atoms with Crippen LogP contribution in [0.4, 0.5) is 8.78 Å². The van der Waals surface area contributed by atoms with Gasteiger partial charge in [0.1, 0.15) is 17.4 Å². The van der Waals surface area contributed by atoms with Gasteiger partial charge in [-0.2, -0.15) is 0 Å². The Balaban J connectivity index is 1.63. The molecule has 0 fully saturated rings. The Bertz CT molecular complexity index is 857. The lowest BCUT2D eigenvalue weighted by molar-refractivity contribution is 0.0678. The lowest BCUT2D eigenvalue weighted by Crippen LogP contribution is -2.43. The Hall–Kier alpha value is -2.32. The first kappa shape index (κ1) is 22.4. The molecule has 4 atom stereocenters. The maximum atomic E-state index is 13.4. The summed E-state index contributed by atoms with van der Waals surface area (Å²) in [5, 5.41) is 13.8. The van der Waals surface area contributed by atoms with Gasteiger partial charge < -0.3 is 25.6 Å². The normalized spacial score (nSPS) is 19.9. The minimum Gasteiger partial charge on any atom is -0.497 e. The highest BCUT2D eigenvalue weighted by Crippen LogP contribution is 2.42. The van der Waals surface area contributed by atoms with Gasteiger partial charge in [-0.3, -0.25) is 0 Å². The molecule has 0 aromatic heterocycles. The fraction of sp³-hybridized carbons (Fsp3) is 0.391. The first-order valence-corrected chi connectivity index (χ1v) is 9.93. The van der Waals surface area contributed by atoms with E-state index in [1.54, 1.807) is 13.2 Å². The monoisotopic (exact) mass is 418 g/mol. The van der Waals surface area contributed by atoms with E-state index in [1.165, 1.54) is 12.1 Å². The molecule has 3 rings (SSSR count). The third-order valence-corrected chi connectivity index (χ3v) is 5.34. The van der Waals surface area contributed by atoms with Crippen LogP contribution in [0, 0.1) is 11.6 Å². The Morgan fingerprint density at radius 2 is 1.97 bits per heavy atom. The Morgan fingerprint density at radius 3 is 2.63 bits per heavy atom. The molecule has 0 unspecified atom stereocenters.